The summed E-state index contributed by atoms with van der Waals surface area (Å²) in [6, 6.07) is 20.4. The maximum Gasteiger partial charge on any atom is 0.274 e. The summed E-state index contributed by atoms with van der Waals surface area (Å²) in [5, 5.41) is 3.83. The fourth-order valence-electron chi connectivity index (χ4n) is 4.06. The van der Waals surface area contributed by atoms with Crippen molar-refractivity contribution in [2.24, 2.45) is 0 Å². The lowest BCUT2D eigenvalue weighted by Gasteiger charge is -2.32. The third-order valence-corrected chi connectivity index (χ3v) is 7.61. The van der Waals surface area contributed by atoms with Crippen LogP contribution in [-0.2, 0) is 6.54 Å². The SMILES string of the molecule is Cc1ccc2nc(N3CCS(O)(O)c4ccccc4C3)cc(NC(=O)c3ccccn3)c2c1. The molecule has 0 aliphatic carbocycles. The second-order valence-electron chi connectivity index (χ2n) is 8.12. The molecule has 33 heavy (non-hydrogen) atoms. The molecule has 2 aromatic carbocycles. The van der Waals surface area contributed by atoms with Gasteiger partial charge in [-0.25, -0.2) is 4.98 Å². The van der Waals surface area contributed by atoms with E-state index in [0.29, 0.717) is 35.2 Å². The molecule has 0 spiro atoms. The van der Waals surface area contributed by atoms with E-state index in [1.807, 2.05) is 54.3 Å². The number of pyridine rings is 2. The molecule has 1 aliphatic rings. The van der Waals surface area contributed by atoms with Crippen LogP contribution in [0.3, 0.4) is 0 Å². The number of hydrogen-bond acceptors (Lipinski definition) is 6. The maximum absolute atomic E-state index is 12.9. The zero-order valence-electron chi connectivity index (χ0n) is 18.1. The number of carbonyl (C=O) groups is 1. The zero-order chi connectivity index (χ0) is 23.0. The first-order valence-electron chi connectivity index (χ1n) is 10.6. The predicted molar refractivity (Wildman–Crippen MR) is 132 cm³/mol. The van der Waals surface area contributed by atoms with Gasteiger partial charge in [0.2, 0.25) is 0 Å². The molecule has 7 nitrogen and oxygen atoms in total. The molecular formula is C25H24N4O3S. The lowest BCUT2D eigenvalue weighted by atomic mass is 10.1. The van der Waals surface area contributed by atoms with Crippen LogP contribution in [0.15, 0.2) is 77.8 Å². The smallest absolute Gasteiger partial charge is 0.274 e. The highest BCUT2D eigenvalue weighted by Crippen LogP contribution is 2.51. The highest BCUT2D eigenvalue weighted by molar-refractivity contribution is 8.24. The minimum absolute atomic E-state index is 0.216. The Kier molecular flexibility index (Phi) is 5.49. The van der Waals surface area contributed by atoms with Gasteiger partial charge in [0.05, 0.1) is 21.9 Å². The van der Waals surface area contributed by atoms with Crippen molar-refractivity contribution in [3.63, 3.8) is 0 Å². The average molecular weight is 461 g/mol. The van der Waals surface area contributed by atoms with E-state index >= 15 is 0 Å². The van der Waals surface area contributed by atoms with Crippen LogP contribution in [-0.4, -0.2) is 37.3 Å². The van der Waals surface area contributed by atoms with Crippen molar-refractivity contribution in [1.82, 2.24) is 9.97 Å². The number of benzene rings is 2. The first kappa shape index (κ1) is 21.4. The number of nitrogens with one attached hydrogen (secondary N) is 1. The lowest BCUT2D eigenvalue weighted by molar-refractivity contribution is 0.102. The van der Waals surface area contributed by atoms with Crippen LogP contribution in [0.2, 0.25) is 0 Å². The highest BCUT2D eigenvalue weighted by Gasteiger charge is 2.26. The van der Waals surface area contributed by atoms with Crippen molar-refractivity contribution >= 4 is 38.9 Å². The second-order valence-corrected chi connectivity index (χ2v) is 10.3. The third-order valence-electron chi connectivity index (χ3n) is 5.75. The number of aryl methyl sites for hydroxylation is 1. The molecule has 8 heteroatoms. The highest BCUT2D eigenvalue weighted by atomic mass is 32.3. The number of nitrogens with zero attached hydrogens (tertiary/aromatic N) is 3. The summed E-state index contributed by atoms with van der Waals surface area (Å²) >= 11 is 0. The minimum Gasteiger partial charge on any atom is -0.351 e. The summed E-state index contributed by atoms with van der Waals surface area (Å²) in [7, 11) is -2.88. The molecule has 3 heterocycles. The van der Waals surface area contributed by atoms with Crippen LogP contribution < -0.4 is 10.2 Å². The fraction of sp³-hybridized carbons (Fsp3) is 0.160. The Balaban J connectivity index is 1.57. The van der Waals surface area contributed by atoms with Gasteiger partial charge in [-0.05, 0) is 42.8 Å². The summed E-state index contributed by atoms with van der Waals surface area (Å²) in [5.74, 6) is 0.577. The van der Waals surface area contributed by atoms with E-state index in [-0.39, 0.29) is 11.7 Å². The van der Waals surface area contributed by atoms with Crippen molar-refractivity contribution in [2.45, 2.75) is 18.4 Å². The quantitative estimate of drug-likeness (QED) is 0.383. The number of carbonyl (C=O) groups excluding carboxylic acids is 1. The van der Waals surface area contributed by atoms with Crippen molar-refractivity contribution in [3.8, 4) is 0 Å². The summed E-state index contributed by atoms with van der Waals surface area (Å²) in [6.45, 7) is 2.91. The van der Waals surface area contributed by atoms with E-state index < -0.39 is 10.6 Å². The molecule has 4 aromatic rings. The average Bonchev–Trinajstić information content (AvgIpc) is 2.96. The van der Waals surface area contributed by atoms with Gasteiger partial charge < -0.3 is 10.2 Å². The maximum atomic E-state index is 12.9. The molecule has 0 saturated carbocycles. The van der Waals surface area contributed by atoms with Crippen LogP contribution in [0.5, 0.6) is 0 Å². The molecule has 5 rings (SSSR count). The number of amides is 1. The topological polar surface area (TPSA) is 98.6 Å². The van der Waals surface area contributed by atoms with Gasteiger partial charge in [0.25, 0.3) is 5.91 Å². The van der Waals surface area contributed by atoms with E-state index in [1.54, 1.807) is 30.5 Å². The molecular weight excluding hydrogens is 436 g/mol. The van der Waals surface area contributed by atoms with Crippen LogP contribution in [0.4, 0.5) is 11.5 Å². The molecule has 0 saturated heterocycles. The van der Waals surface area contributed by atoms with Crippen LogP contribution >= 0.6 is 10.6 Å². The Labute approximate surface area is 193 Å². The lowest BCUT2D eigenvalue weighted by Crippen LogP contribution is -2.26. The normalized spacial score (nSPS) is 16.0. The van der Waals surface area contributed by atoms with E-state index in [1.165, 1.54) is 0 Å². The van der Waals surface area contributed by atoms with Crippen molar-refractivity contribution in [3.05, 3.63) is 89.7 Å². The monoisotopic (exact) mass is 460 g/mol. The Morgan fingerprint density at radius 2 is 1.88 bits per heavy atom. The molecule has 0 atom stereocenters. The molecule has 0 unspecified atom stereocenters. The largest absolute Gasteiger partial charge is 0.351 e. The second kappa shape index (κ2) is 8.47. The number of rotatable bonds is 3. The van der Waals surface area contributed by atoms with Crippen LogP contribution in [0.1, 0.15) is 21.6 Å². The van der Waals surface area contributed by atoms with Gasteiger partial charge in [-0.15, -0.1) is 0 Å². The molecule has 1 aliphatic heterocycles. The Morgan fingerprint density at radius 3 is 2.70 bits per heavy atom. The van der Waals surface area contributed by atoms with E-state index in [0.717, 1.165) is 22.0 Å². The molecule has 1 amide bonds. The van der Waals surface area contributed by atoms with Crippen LogP contribution in [0, 0.1) is 6.92 Å². The summed E-state index contributed by atoms with van der Waals surface area (Å²) in [5.41, 5.74) is 3.63. The molecule has 0 fully saturated rings. The third kappa shape index (κ3) is 4.28. The number of anilines is 2. The van der Waals surface area contributed by atoms with Gasteiger partial charge in [0, 0.05) is 30.7 Å². The number of fused-ring (bicyclic) bond motifs is 2. The van der Waals surface area contributed by atoms with E-state index in [4.69, 9.17) is 4.98 Å². The standard InChI is InChI=1S/C25H24N4O3S/c1-17-9-10-20-19(14-17)22(28-25(30)21-7-4-5-11-26-21)15-24(27-20)29-12-13-33(31,32)23-8-3-2-6-18(23)16-29/h2-11,14-15,31-32H,12-13,16H2,1H3,(H,27,28,30). The van der Waals surface area contributed by atoms with E-state index in [2.05, 4.69) is 10.3 Å². The van der Waals surface area contributed by atoms with Gasteiger partial charge >= 0.3 is 0 Å². The molecule has 168 valence electrons. The van der Waals surface area contributed by atoms with Gasteiger partial charge in [-0.1, -0.05) is 35.9 Å². The van der Waals surface area contributed by atoms with E-state index in [9.17, 15) is 13.9 Å². The first-order chi connectivity index (χ1) is 15.9. The molecule has 0 radical (unpaired) electrons. The minimum atomic E-state index is -2.88. The van der Waals surface area contributed by atoms with Crippen molar-refractivity contribution in [2.75, 3.05) is 22.5 Å². The first-order valence-corrected chi connectivity index (χ1v) is 12.3. The van der Waals surface area contributed by atoms with Crippen LogP contribution in [0.25, 0.3) is 10.9 Å². The Hall–Kier alpha value is -3.46. The van der Waals surface area contributed by atoms with Crippen molar-refractivity contribution in [1.29, 1.82) is 0 Å². The van der Waals surface area contributed by atoms with Gasteiger partial charge in [0.15, 0.2) is 0 Å². The van der Waals surface area contributed by atoms with Gasteiger partial charge in [-0.3, -0.25) is 18.9 Å². The summed E-state index contributed by atoms with van der Waals surface area (Å²) in [6.07, 6.45) is 1.59. The Morgan fingerprint density at radius 1 is 1.06 bits per heavy atom. The van der Waals surface area contributed by atoms with Gasteiger partial charge in [-0.2, -0.15) is 10.6 Å². The number of hydrogen-bond donors (Lipinski definition) is 3. The zero-order valence-corrected chi connectivity index (χ0v) is 18.9. The molecule has 0 bridgehead atoms. The predicted octanol–water partition coefficient (Wildman–Crippen LogP) is 5.32. The Bertz CT molecular complexity index is 1340. The molecule has 2 aromatic heterocycles. The summed E-state index contributed by atoms with van der Waals surface area (Å²) in [4.78, 5) is 24.5. The number of aromatic nitrogens is 2. The fourth-order valence-corrected chi connectivity index (χ4v) is 5.60. The molecule has 3 N–H and O–H groups in total. The van der Waals surface area contributed by atoms with Gasteiger partial charge in [0.1, 0.15) is 11.5 Å². The summed E-state index contributed by atoms with van der Waals surface area (Å²) < 4.78 is 21.4. The van der Waals surface area contributed by atoms with Crippen molar-refractivity contribution < 1.29 is 13.9 Å².